The van der Waals surface area contributed by atoms with Gasteiger partial charge in [-0.25, -0.2) is 0 Å². The summed E-state index contributed by atoms with van der Waals surface area (Å²) in [6.45, 7) is 8.42. The third-order valence-electron chi connectivity index (χ3n) is 6.23. The molecule has 0 saturated heterocycles. The number of aliphatic hydroxyl groups excluding tert-OH is 4. The highest BCUT2D eigenvalue weighted by molar-refractivity contribution is 5.70. The second kappa shape index (κ2) is 26.4. The van der Waals surface area contributed by atoms with Crippen molar-refractivity contribution in [3.05, 3.63) is 0 Å². The van der Waals surface area contributed by atoms with E-state index in [9.17, 15) is 9.59 Å². The fourth-order valence-corrected chi connectivity index (χ4v) is 3.37. The predicted octanol–water partition coefficient (Wildman–Crippen LogP) is 4.79. The molecule has 0 aliphatic heterocycles. The number of hydrogen-bond donors (Lipinski definition) is 4. The normalized spacial score (nSPS) is 11.4. The maximum atomic E-state index is 11.7. The van der Waals surface area contributed by atoms with Crippen molar-refractivity contribution in [2.45, 2.75) is 118 Å². The number of unbranched alkanes of at least 4 members (excludes halogenated alkanes) is 7. The van der Waals surface area contributed by atoms with Crippen LogP contribution in [0, 0.1) is 17.3 Å². The van der Waals surface area contributed by atoms with Crippen molar-refractivity contribution >= 4 is 11.9 Å². The number of rotatable bonds is 23. The molecule has 222 valence electrons. The summed E-state index contributed by atoms with van der Waals surface area (Å²) in [5.41, 5.74) is -1.11. The Bertz CT molecular complexity index is 465. The highest BCUT2D eigenvalue weighted by atomic mass is 16.5. The van der Waals surface area contributed by atoms with E-state index in [1.807, 2.05) is 0 Å². The smallest absolute Gasteiger partial charge is 0.305 e. The van der Waals surface area contributed by atoms with Crippen LogP contribution in [0.15, 0.2) is 0 Å². The lowest BCUT2D eigenvalue weighted by Crippen LogP contribution is -2.37. The van der Waals surface area contributed by atoms with E-state index >= 15 is 0 Å². The Morgan fingerprint density at radius 2 is 0.865 bits per heavy atom. The Labute approximate surface area is 226 Å². The Hall–Kier alpha value is -1.22. The van der Waals surface area contributed by atoms with Crippen molar-refractivity contribution in [2.24, 2.45) is 17.3 Å². The molecule has 0 rings (SSSR count). The summed E-state index contributed by atoms with van der Waals surface area (Å²) in [6.07, 6.45) is 13.9. The molecule has 0 aromatic carbocycles. The van der Waals surface area contributed by atoms with Crippen molar-refractivity contribution in [1.82, 2.24) is 0 Å². The van der Waals surface area contributed by atoms with Gasteiger partial charge in [-0.1, -0.05) is 79.1 Å². The molecule has 4 N–H and O–H groups in total. The fraction of sp³-hybridized carbons (Fsp3) is 0.931. The lowest BCUT2D eigenvalue weighted by Gasteiger charge is -2.23. The van der Waals surface area contributed by atoms with Crippen molar-refractivity contribution in [3.63, 3.8) is 0 Å². The van der Waals surface area contributed by atoms with Gasteiger partial charge in [0.25, 0.3) is 0 Å². The van der Waals surface area contributed by atoms with Crippen LogP contribution in [-0.2, 0) is 19.1 Å². The summed E-state index contributed by atoms with van der Waals surface area (Å²) in [5, 5.41) is 34.0. The maximum absolute atomic E-state index is 11.7. The topological polar surface area (TPSA) is 134 Å². The number of aliphatic hydroxyl groups is 4. The van der Waals surface area contributed by atoms with Crippen LogP contribution < -0.4 is 0 Å². The first kappa shape index (κ1) is 37.9. The second-order valence-electron chi connectivity index (χ2n) is 11.0. The fourth-order valence-electron chi connectivity index (χ4n) is 3.37. The number of carbonyl (C=O) groups excluding carboxylic acids is 2. The molecular weight excluding hydrogens is 476 g/mol. The van der Waals surface area contributed by atoms with Crippen molar-refractivity contribution in [2.75, 3.05) is 39.6 Å². The first-order valence-electron chi connectivity index (χ1n) is 14.4. The van der Waals surface area contributed by atoms with Gasteiger partial charge in [-0.05, 0) is 37.5 Å². The molecule has 8 nitrogen and oxygen atoms in total. The highest BCUT2D eigenvalue weighted by Gasteiger charge is 2.26. The molecule has 0 saturated carbocycles. The summed E-state index contributed by atoms with van der Waals surface area (Å²) in [5.74, 6) is 1.26. The van der Waals surface area contributed by atoms with Crippen LogP contribution in [0.1, 0.15) is 118 Å². The number of hydrogen-bond acceptors (Lipinski definition) is 8. The number of esters is 2. The molecule has 0 unspecified atom stereocenters. The maximum Gasteiger partial charge on any atom is 0.305 e. The van der Waals surface area contributed by atoms with E-state index in [1.165, 1.54) is 38.5 Å². The van der Waals surface area contributed by atoms with Crippen LogP contribution in [0.3, 0.4) is 0 Å². The van der Waals surface area contributed by atoms with E-state index in [1.54, 1.807) is 0 Å². The molecule has 0 aromatic heterocycles. The summed E-state index contributed by atoms with van der Waals surface area (Å²) >= 11 is 0. The molecule has 0 amide bonds. The largest absolute Gasteiger partial charge is 0.466 e. The Kier molecular flexibility index (Phi) is 27.1. The molecule has 0 aromatic rings. The highest BCUT2D eigenvalue weighted by Crippen LogP contribution is 2.12. The first-order chi connectivity index (χ1) is 17.7. The van der Waals surface area contributed by atoms with Crippen LogP contribution in [0.25, 0.3) is 0 Å². The van der Waals surface area contributed by atoms with Gasteiger partial charge in [0.15, 0.2) is 0 Å². The minimum absolute atomic E-state index is 0.142. The van der Waals surface area contributed by atoms with E-state index in [0.29, 0.717) is 38.9 Å². The van der Waals surface area contributed by atoms with E-state index < -0.39 is 31.8 Å². The quantitative estimate of drug-likeness (QED) is 0.109. The zero-order valence-electron chi connectivity index (χ0n) is 24.2. The average molecular weight is 535 g/mol. The Balaban J connectivity index is 0. The molecule has 0 radical (unpaired) electrons. The SMILES string of the molecule is CC(C)CCCCCCOC(=O)CCCCC(=O)OCCCCCCC(C)C.OCC(CO)(CO)CO. The van der Waals surface area contributed by atoms with E-state index in [0.717, 1.165) is 37.5 Å². The zero-order valence-corrected chi connectivity index (χ0v) is 24.2. The molecule has 0 bridgehead atoms. The average Bonchev–Trinajstić information content (AvgIpc) is 2.87. The van der Waals surface area contributed by atoms with Crippen LogP contribution in [-0.4, -0.2) is 72.0 Å². The zero-order chi connectivity index (χ0) is 28.4. The second-order valence-corrected chi connectivity index (χ2v) is 11.0. The van der Waals surface area contributed by atoms with Gasteiger partial charge in [0.2, 0.25) is 0 Å². The molecule has 0 heterocycles. The summed E-state index contributed by atoms with van der Waals surface area (Å²) in [6, 6.07) is 0. The third-order valence-corrected chi connectivity index (χ3v) is 6.23. The molecule has 0 atom stereocenters. The van der Waals surface area contributed by atoms with Gasteiger partial charge in [0.1, 0.15) is 0 Å². The monoisotopic (exact) mass is 534 g/mol. The Morgan fingerprint density at radius 3 is 1.14 bits per heavy atom. The molecule has 0 aliphatic rings. The minimum atomic E-state index is -1.11. The van der Waals surface area contributed by atoms with Crippen LogP contribution in [0.5, 0.6) is 0 Å². The van der Waals surface area contributed by atoms with Crippen molar-refractivity contribution in [3.8, 4) is 0 Å². The van der Waals surface area contributed by atoms with E-state index in [-0.39, 0.29) is 11.9 Å². The molecule has 8 heteroatoms. The van der Waals surface area contributed by atoms with Crippen molar-refractivity contribution in [1.29, 1.82) is 0 Å². The lowest BCUT2D eigenvalue weighted by molar-refractivity contribution is -0.146. The van der Waals surface area contributed by atoms with E-state index in [2.05, 4.69) is 27.7 Å². The molecule has 0 fully saturated rings. The van der Waals surface area contributed by atoms with Crippen LogP contribution in [0.4, 0.5) is 0 Å². The van der Waals surface area contributed by atoms with Gasteiger partial charge in [-0.3, -0.25) is 9.59 Å². The molecule has 0 aliphatic carbocycles. The Morgan fingerprint density at radius 1 is 0.541 bits per heavy atom. The number of carbonyl (C=O) groups is 2. The van der Waals surface area contributed by atoms with Gasteiger partial charge in [-0.2, -0.15) is 0 Å². The van der Waals surface area contributed by atoms with Gasteiger partial charge in [0.05, 0.1) is 45.1 Å². The first-order valence-corrected chi connectivity index (χ1v) is 14.4. The van der Waals surface area contributed by atoms with Gasteiger partial charge >= 0.3 is 11.9 Å². The van der Waals surface area contributed by atoms with Gasteiger partial charge in [-0.15, -0.1) is 0 Å². The van der Waals surface area contributed by atoms with Crippen molar-refractivity contribution < 1.29 is 39.5 Å². The van der Waals surface area contributed by atoms with Crippen LogP contribution >= 0.6 is 0 Å². The lowest BCUT2D eigenvalue weighted by atomic mass is 9.93. The van der Waals surface area contributed by atoms with E-state index in [4.69, 9.17) is 29.9 Å². The number of ether oxygens (including phenoxy) is 2. The minimum Gasteiger partial charge on any atom is -0.466 e. The van der Waals surface area contributed by atoms with Gasteiger partial charge in [0, 0.05) is 12.8 Å². The standard InChI is InChI=1S/C24H46O4.C5H12O4/c1-21(2)15-9-5-7-13-19-27-23(25)17-11-12-18-24(26)28-20-14-8-6-10-16-22(3)4;6-1-5(2-7,3-8)4-9/h21-22H,5-20H2,1-4H3;6-9H,1-4H2. The third kappa shape index (κ3) is 26.2. The van der Waals surface area contributed by atoms with Crippen LogP contribution in [0.2, 0.25) is 0 Å². The molecule has 37 heavy (non-hydrogen) atoms. The predicted molar refractivity (Wildman–Crippen MR) is 147 cm³/mol. The molecular formula is C29H58O8. The summed E-state index contributed by atoms with van der Waals surface area (Å²) in [7, 11) is 0. The van der Waals surface area contributed by atoms with Gasteiger partial charge < -0.3 is 29.9 Å². The summed E-state index contributed by atoms with van der Waals surface area (Å²) in [4.78, 5) is 23.3. The summed E-state index contributed by atoms with van der Waals surface area (Å²) < 4.78 is 10.5. The molecule has 0 spiro atoms.